The van der Waals surface area contributed by atoms with Crippen molar-refractivity contribution < 1.29 is 13.2 Å². The zero-order valence-electron chi connectivity index (χ0n) is 17.1. The summed E-state index contributed by atoms with van der Waals surface area (Å²) in [4.78, 5) is 17.0. The number of hydrogen-bond donors (Lipinski definition) is 2. The van der Waals surface area contributed by atoms with E-state index in [9.17, 15) is 13.2 Å². The van der Waals surface area contributed by atoms with Crippen molar-refractivity contribution in [3.63, 3.8) is 0 Å². The van der Waals surface area contributed by atoms with Crippen molar-refractivity contribution in [3.8, 4) is 0 Å². The zero-order chi connectivity index (χ0) is 21.3. The van der Waals surface area contributed by atoms with Crippen molar-refractivity contribution in [2.75, 3.05) is 10.0 Å². The lowest BCUT2D eigenvalue weighted by Crippen LogP contribution is -2.15. The minimum Gasteiger partial charge on any atom is -0.326 e. The summed E-state index contributed by atoms with van der Waals surface area (Å²) in [6.45, 7) is 3.82. The van der Waals surface area contributed by atoms with Gasteiger partial charge in [-0.2, -0.15) is 0 Å². The van der Waals surface area contributed by atoms with E-state index in [1.165, 1.54) is 24.2 Å². The molecule has 0 aliphatic heterocycles. The molecule has 1 aliphatic carbocycles. The predicted molar refractivity (Wildman–Crippen MR) is 122 cm³/mol. The Bertz CT molecular complexity index is 1180. The van der Waals surface area contributed by atoms with Gasteiger partial charge in [-0.3, -0.25) is 9.52 Å². The molecule has 0 bridgehead atoms. The van der Waals surface area contributed by atoms with Gasteiger partial charge < -0.3 is 5.32 Å². The molecule has 0 atom stereocenters. The second kappa shape index (κ2) is 8.35. The fourth-order valence-electron chi connectivity index (χ4n) is 3.89. The van der Waals surface area contributed by atoms with Crippen LogP contribution >= 0.6 is 11.3 Å². The number of rotatable bonds is 6. The summed E-state index contributed by atoms with van der Waals surface area (Å²) in [6.07, 6.45) is 5.24. The van der Waals surface area contributed by atoms with Crippen LogP contribution < -0.4 is 10.0 Å². The lowest BCUT2D eigenvalue weighted by Gasteiger charge is -2.10. The number of hydrogen-bond acceptors (Lipinski definition) is 5. The lowest BCUT2D eigenvalue weighted by atomic mass is 10.0. The molecule has 2 N–H and O–H groups in total. The topological polar surface area (TPSA) is 88.2 Å². The van der Waals surface area contributed by atoms with Crippen LogP contribution in [0.2, 0.25) is 0 Å². The molecule has 1 fully saturated rings. The first-order valence-corrected chi connectivity index (χ1v) is 12.4. The molecule has 0 spiro atoms. The average molecular weight is 444 g/mol. The summed E-state index contributed by atoms with van der Waals surface area (Å²) in [7, 11) is -3.70. The Balaban J connectivity index is 1.53. The van der Waals surface area contributed by atoms with Gasteiger partial charge in [-0.25, -0.2) is 13.4 Å². The highest BCUT2D eigenvalue weighted by Crippen LogP contribution is 2.33. The number of carbonyl (C=O) groups excluding carboxylic acids is 1. The maximum absolute atomic E-state index is 12.7. The molecule has 1 saturated carbocycles. The van der Waals surface area contributed by atoms with Crippen LogP contribution in [0.1, 0.15) is 43.2 Å². The van der Waals surface area contributed by atoms with E-state index in [2.05, 4.69) is 15.0 Å². The van der Waals surface area contributed by atoms with Crippen LogP contribution in [0.5, 0.6) is 0 Å². The van der Waals surface area contributed by atoms with Crippen LogP contribution in [0.15, 0.2) is 41.3 Å². The number of amides is 1. The quantitative estimate of drug-likeness (QED) is 0.546. The summed E-state index contributed by atoms with van der Waals surface area (Å²) < 4.78 is 28.7. The van der Waals surface area contributed by atoms with Crippen molar-refractivity contribution in [2.24, 2.45) is 5.92 Å². The molecule has 158 valence electrons. The van der Waals surface area contributed by atoms with Gasteiger partial charge in [0.1, 0.15) is 0 Å². The number of anilines is 2. The third-order valence-electron chi connectivity index (χ3n) is 5.47. The Morgan fingerprint density at radius 1 is 1.13 bits per heavy atom. The SMILES string of the molecule is Cc1ccc(S(=O)(=O)Nc2nc3c(C)cc(NC(=O)CC4CCCC4)cc3s2)cc1. The molecule has 1 aliphatic rings. The van der Waals surface area contributed by atoms with Gasteiger partial charge in [0.25, 0.3) is 10.0 Å². The molecule has 0 radical (unpaired) electrons. The number of fused-ring (bicyclic) bond motifs is 1. The molecule has 4 rings (SSSR count). The van der Waals surface area contributed by atoms with Crippen LogP contribution in [-0.2, 0) is 14.8 Å². The van der Waals surface area contributed by atoms with Gasteiger partial charge in [0.2, 0.25) is 5.91 Å². The molecular weight excluding hydrogens is 418 g/mol. The monoisotopic (exact) mass is 443 g/mol. The van der Waals surface area contributed by atoms with E-state index >= 15 is 0 Å². The molecule has 0 unspecified atom stereocenters. The first-order valence-electron chi connectivity index (χ1n) is 10.1. The molecule has 8 heteroatoms. The number of carbonyl (C=O) groups is 1. The minimum absolute atomic E-state index is 0.0328. The number of nitrogens with one attached hydrogen (secondary N) is 2. The average Bonchev–Trinajstić information content (AvgIpc) is 3.31. The fourth-order valence-corrected chi connectivity index (χ4v) is 6.11. The van der Waals surface area contributed by atoms with E-state index in [-0.39, 0.29) is 10.8 Å². The maximum atomic E-state index is 12.7. The molecule has 30 heavy (non-hydrogen) atoms. The Labute approximate surface area is 180 Å². The highest BCUT2D eigenvalue weighted by atomic mass is 32.2. The van der Waals surface area contributed by atoms with Crippen molar-refractivity contribution in [2.45, 2.75) is 50.8 Å². The molecule has 2 aromatic carbocycles. The van der Waals surface area contributed by atoms with Crippen LogP contribution in [0.3, 0.4) is 0 Å². The first-order chi connectivity index (χ1) is 14.3. The van der Waals surface area contributed by atoms with Gasteiger partial charge in [-0.05, 0) is 62.4 Å². The van der Waals surface area contributed by atoms with E-state index in [1.807, 2.05) is 26.0 Å². The Kier molecular flexibility index (Phi) is 5.79. The normalized spacial score (nSPS) is 14.9. The molecule has 1 heterocycles. The Hall–Kier alpha value is -2.45. The number of aromatic nitrogens is 1. The molecule has 0 saturated heterocycles. The highest BCUT2D eigenvalue weighted by molar-refractivity contribution is 7.93. The first kappa shape index (κ1) is 20.8. The molecular formula is C22H25N3O3S2. The van der Waals surface area contributed by atoms with E-state index in [0.29, 0.717) is 17.5 Å². The fraction of sp³-hybridized carbons (Fsp3) is 0.364. The van der Waals surface area contributed by atoms with Crippen molar-refractivity contribution in [1.82, 2.24) is 4.98 Å². The summed E-state index contributed by atoms with van der Waals surface area (Å²) in [5.74, 6) is 0.520. The predicted octanol–water partition coefficient (Wildman–Crippen LogP) is 5.23. The summed E-state index contributed by atoms with van der Waals surface area (Å²) >= 11 is 1.26. The number of thiazole rings is 1. The number of aryl methyl sites for hydroxylation is 2. The van der Waals surface area contributed by atoms with E-state index in [4.69, 9.17) is 0 Å². The summed E-state index contributed by atoms with van der Waals surface area (Å²) in [6, 6.07) is 10.4. The molecule has 6 nitrogen and oxygen atoms in total. The largest absolute Gasteiger partial charge is 0.326 e. The second-order valence-electron chi connectivity index (χ2n) is 7.98. The van der Waals surface area contributed by atoms with Crippen molar-refractivity contribution in [3.05, 3.63) is 47.5 Å². The van der Waals surface area contributed by atoms with Crippen LogP contribution in [0.25, 0.3) is 10.2 Å². The standard InChI is InChI=1S/C22H25N3O3S2/c1-14-7-9-18(10-8-14)30(27,28)25-22-24-21-15(2)11-17(13-19(21)29-22)23-20(26)12-16-5-3-4-6-16/h7-11,13,16H,3-6,12H2,1-2H3,(H,23,26)(H,24,25). The smallest absolute Gasteiger partial charge is 0.263 e. The maximum Gasteiger partial charge on any atom is 0.263 e. The van der Waals surface area contributed by atoms with Gasteiger partial charge in [0, 0.05) is 12.1 Å². The molecule has 1 amide bonds. The van der Waals surface area contributed by atoms with Gasteiger partial charge >= 0.3 is 0 Å². The van der Waals surface area contributed by atoms with Gasteiger partial charge in [0.15, 0.2) is 5.13 Å². The number of nitrogens with zero attached hydrogens (tertiary/aromatic N) is 1. The molecule has 1 aromatic heterocycles. The van der Waals surface area contributed by atoms with Crippen LogP contribution in [0, 0.1) is 19.8 Å². The van der Waals surface area contributed by atoms with Crippen molar-refractivity contribution in [1.29, 1.82) is 0 Å². The number of benzene rings is 2. The lowest BCUT2D eigenvalue weighted by molar-refractivity contribution is -0.117. The second-order valence-corrected chi connectivity index (χ2v) is 10.7. The number of sulfonamides is 1. The highest BCUT2D eigenvalue weighted by Gasteiger charge is 2.20. The summed E-state index contributed by atoms with van der Waals surface area (Å²) in [5.41, 5.74) is 3.34. The van der Waals surface area contributed by atoms with E-state index in [1.54, 1.807) is 24.3 Å². The van der Waals surface area contributed by atoms with E-state index < -0.39 is 10.0 Å². The van der Waals surface area contributed by atoms with Crippen molar-refractivity contribution >= 4 is 48.3 Å². The van der Waals surface area contributed by atoms with Crippen LogP contribution in [-0.4, -0.2) is 19.3 Å². The van der Waals surface area contributed by atoms with Gasteiger partial charge in [0.05, 0.1) is 15.1 Å². The molecule has 3 aromatic rings. The van der Waals surface area contributed by atoms with E-state index in [0.717, 1.165) is 39.9 Å². The zero-order valence-corrected chi connectivity index (χ0v) is 18.7. The van der Waals surface area contributed by atoms with Gasteiger partial charge in [-0.15, -0.1) is 0 Å². The third-order valence-corrected chi connectivity index (χ3v) is 7.87. The Morgan fingerprint density at radius 2 is 1.83 bits per heavy atom. The third kappa shape index (κ3) is 4.65. The minimum atomic E-state index is -3.70. The van der Waals surface area contributed by atoms with Crippen LogP contribution in [0.4, 0.5) is 10.8 Å². The Morgan fingerprint density at radius 3 is 2.53 bits per heavy atom. The summed E-state index contributed by atoms with van der Waals surface area (Å²) in [5, 5.41) is 3.30. The van der Waals surface area contributed by atoms with Gasteiger partial charge in [-0.1, -0.05) is 41.9 Å².